The van der Waals surface area contributed by atoms with Crippen LogP contribution in [0.2, 0.25) is 0 Å². The smallest absolute Gasteiger partial charge is 0.243 e. The molecule has 1 unspecified atom stereocenters. The fourth-order valence-corrected chi connectivity index (χ4v) is 0.950. The molecule has 1 aliphatic rings. The van der Waals surface area contributed by atoms with E-state index in [0.717, 1.165) is 0 Å². The lowest BCUT2D eigenvalue weighted by Crippen LogP contribution is -2.27. The Morgan fingerprint density at radius 2 is 2.31 bits per heavy atom. The van der Waals surface area contributed by atoms with Crippen molar-refractivity contribution in [3.63, 3.8) is 0 Å². The van der Waals surface area contributed by atoms with Crippen molar-refractivity contribution in [2.45, 2.75) is 12.6 Å². The van der Waals surface area contributed by atoms with E-state index in [1.807, 2.05) is 0 Å². The van der Waals surface area contributed by atoms with Crippen LogP contribution in [-0.4, -0.2) is 36.0 Å². The summed E-state index contributed by atoms with van der Waals surface area (Å²) in [5.74, 6) is -0.278. The Morgan fingerprint density at radius 1 is 1.69 bits per heavy atom. The zero-order valence-corrected chi connectivity index (χ0v) is 7.32. The van der Waals surface area contributed by atoms with Gasteiger partial charge in [-0.05, 0) is 6.08 Å². The lowest BCUT2D eigenvalue weighted by molar-refractivity contribution is -0.126. The normalized spacial score (nSPS) is 19.5. The Bertz CT molecular complexity index is 240. The van der Waals surface area contributed by atoms with Gasteiger partial charge in [-0.25, -0.2) is 0 Å². The number of carbonyl (C=O) groups is 2. The Labute approximate surface area is 76.6 Å². The lowest BCUT2D eigenvalue weighted by atomic mass is 10.4. The second-order valence-corrected chi connectivity index (χ2v) is 2.86. The van der Waals surface area contributed by atoms with Crippen LogP contribution >= 0.6 is 0 Å². The van der Waals surface area contributed by atoms with Crippen LogP contribution in [0.15, 0.2) is 12.7 Å². The zero-order chi connectivity index (χ0) is 9.84. The Balaban J connectivity index is 2.09. The molecule has 72 valence electrons. The summed E-state index contributed by atoms with van der Waals surface area (Å²) in [7, 11) is 0. The molecule has 0 bridgehead atoms. The average molecular weight is 183 g/mol. The van der Waals surface area contributed by atoms with Gasteiger partial charge in [0.1, 0.15) is 0 Å². The average Bonchev–Trinajstić information content (AvgIpc) is 2.82. The van der Waals surface area contributed by atoms with Crippen molar-refractivity contribution in [1.82, 2.24) is 10.2 Å². The molecule has 0 radical (unpaired) electrons. The number of carbonyl (C=O) groups excluding carboxylic acids is 2. The number of nitrogens with two attached hydrogens (primary N) is 1. The summed E-state index contributed by atoms with van der Waals surface area (Å²) in [5.41, 5.74) is 5.43. The molecule has 2 amide bonds. The summed E-state index contributed by atoms with van der Waals surface area (Å²) in [6, 6.07) is 0. The highest BCUT2D eigenvalue weighted by atomic mass is 16.2. The number of nitrogens with zero attached hydrogens (tertiary/aromatic N) is 1. The number of hydrogen-bond acceptors (Lipinski definition) is 3. The summed E-state index contributed by atoms with van der Waals surface area (Å²) in [6.07, 6.45) is 1.36. The predicted molar refractivity (Wildman–Crippen MR) is 47.5 cm³/mol. The highest BCUT2D eigenvalue weighted by molar-refractivity contribution is 5.87. The molecule has 0 aromatic heterocycles. The van der Waals surface area contributed by atoms with E-state index in [4.69, 9.17) is 5.73 Å². The van der Waals surface area contributed by atoms with Gasteiger partial charge < -0.3 is 16.0 Å². The van der Waals surface area contributed by atoms with Gasteiger partial charge in [0.15, 0.2) is 0 Å². The SMILES string of the molecule is C=CC(=O)NCCC(=O)N1CC1N. The number of amides is 2. The summed E-state index contributed by atoms with van der Waals surface area (Å²) in [4.78, 5) is 23.4. The topological polar surface area (TPSA) is 75.2 Å². The second kappa shape index (κ2) is 4.04. The molecule has 0 aromatic carbocycles. The van der Waals surface area contributed by atoms with Crippen molar-refractivity contribution in [3.8, 4) is 0 Å². The van der Waals surface area contributed by atoms with E-state index in [9.17, 15) is 9.59 Å². The fraction of sp³-hybridized carbons (Fsp3) is 0.500. The van der Waals surface area contributed by atoms with Crippen LogP contribution in [0.25, 0.3) is 0 Å². The number of hydrogen-bond donors (Lipinski definition) is 2. The molecule has 1 aliphatic heterocycles. The highest BCUT2D eigenvalue weighted by Crippen LogP contribution is 2.11. The lowest BCUT2D eigenvalue weighted by Gasteiger charge is -2.02. The molecular weight excluding hydrogens is 170 g/mol. The van der Waals surface area contributed by atoms with Crippen LogP contribution < -0.4 is 11.1 Å². The molecule has 5 nitrogen and oxygen atoms in total. The quantitative estimate of drug-likeness (QED) is 0.425. The summed E-state index contributed by atoms with van der Waals surface area (Å²) < 4.78 is 0. The van der Waals surface area contributed by atoms with E-state index in [-0.39, 0.29) is 18.0 Å². The Hall–Kier alpha value is -1.36. The molecular formula is C8H13N3O2. The maximum absolute atomic E-state index is 11.2. The van der Waals surface area contributed by atoms with Gasteiger partial charge in [0.25, 0.3) is 0 Å². The van der Waals surface area contributed by atoms with Gasteiger partial charge in [0.05, 0.1) is 12.7 Å². The number of rotatable bonds is 4. The second-order valence-electron chi connectivity index (χ2n) is 2.86. The van der Waals surface area contributed by atoms with E-state index < -0.39 is 0 Å². The van der Waals surface area contributed by atoms with Crippen molar-refractivity contribution in [2.75, 3.05) is 13.1 Å². The molecule has 0 aromatic rings. The molecule has 1 atom stereocenters. The van der Waals surface area contributed by atoms with Gasteiger partial charge in [-0.15, -0.1) is 0 Å². The van der Waals surface area contributed by atoms with E-state index in [0.29, 0.717) is 19.5 Å². The minimum atomic E-state index is -0.261. The first-order valence-corrected chi connectivity index (χ1v) is 4.10. The molecule has 5 heteroatoms. The third kappa shape index (κ3) is 2.87. The van der Waals surface area contributed by atoms with E-state index >= 15 is 0 Å². The van der Waals surface area contributed by atoms with E-state index in [1.54, 1.807) is 4.90 Å². The van der Waals surface area contributed by atoms with Gasteiger partial charge in [0.2, 0.25) is 11.8 Å². The van der Waals surface area contributed by atoms with Crippen LogP contribution in [0.5, 0.6) is 0 Å². The monoisotopic (exact) mass is 183 g/mol. The summed E-state index contributed by atoms with van der Waals surface area (Å²) in [5, 5.41) is 2.52. The minimum Gasteiger partial charge on any atom is -0.352 e. The molecule has 3 N–H and O–H groups in total. The first kappa shape index (κ1) is 9.73. The summed E-state index contributed by atoms with van der Waals surface area (Å²) >= 11 is 0. The largest absolute Gasteiger partial charge is 0.352 e. The Morgan fingerprint density at radius 3 is 2.77 bits per heavy atom. The number of nitrogens with one attached hydrogen (secondary N) is 1. The maximum Gasteiger partial charge on any atom is 0.243 e. The minimum absolute atomic E-state index is 0.0168. The van der Waals surface area contributed by atoms with Crippen LogP contribution in [0.1, 0.15) is 6.42 Å². The predicted octanol–water partition coefficient (Wildman–Crippen LogP) is -1.19. The van der Waals surface area contributed by atoms with Gasteiger partial charge >= 0.3 is 0 Å². The molecule has 1 fully saturated rings. The van der Waals surface area contributed by atoms with Gasteiger partial charge in [0, 0.05) is 13.0 Å². The van der Waals surface area contributed by atoms with E-state index in [2.05, 4.69) is 11.9 Å². The molecule has 1 heterocycles. The van der Waals surface area contributed by atoms with Crippen molar-refractivity contribution < 1.29 is 9.59 Å². The van der Waals surface area contributed by atoms with Gasteiger partial charge in [-0.2, -0.15) is 0 Å². The van der Waals surface area contributed by atoms with Gasteiger partial charge in [-0.1, -0.05) is 6.58 Å². The molecule has 13 heavy (non-hydrogen) atoms. The van der Waals surface area contributed by atoms with E-state index in [1.165, 1.54) is 6.08 Å². The van der Waals surface area contributed by atoms with Crippen molar-refractivity contribution in [2.24, 2.45) is 5.73 Å². The molecule has 0 aliphatic carbocycles. The molecule has 1 saturated heterocycles. The van der Waals surface area contributed by atoms with Crippen molar-refractivity contribution in [3.05, 3.63) is 12.7 Å². The molecule has 0 spiro atoms. The van der Waals surface area contributed by atoms with Crippen LogP contribution in [0.3, 0.4) is 0 Å². The standard InChI is InChI=1S/C8H13N3O2/c1-2-7(12)10-4-3-8(13)11-5-6(11)9/h2,6H,1,3-5,9H2,(H,10,12). The van der Waals surface area contributed by atoms with Crippen molar-refractivity contribution >= 4 is 11.8 Å². The molecule has 0 saturated carbocycles. The zero-order valence-electron chi connectivity index (χ0n) is 7.32. The molecule has 1 rings (SSSR count). The van der Waals surface area contributed by atoms with Crippen LogP contribution in [0.4, 0.5) is 0 Å². The van der Waals surface area contributed by atoms with Crippen LogP contribution in [-0.2, 0) is 9.59 Å². The van der Waals surface area contributed by atoms with Crippen molar-refractivity contribution in [1.29, 1.82) is 0 Å². The summed E-state index contributed by atoms with van der Waals surface area (Å²) in [6.45, 7) is 4.26. The fourth-order valence-electron chi connectivity index (χ4n) is 0.950. The highest BCUT2D eigenvalue weighted by Gasteiger charge is 2.33. The Kier molecular flexibility index (Phi) is 3.02. The maximum atomic E-state index is 11.2. The third-order valence-electron chi connectivity index (χ3n) is 1.79. The first-order chi connectivity index (χ1) is 6.15. The van der Waals surface area contributed by atoms with Crippen LogP contribution in [0, 0.1) is 0 Å². The third-order valence-corrected chi connectivity index (χ3v) is 1.79. The van der Waals surface area contributed by atoms with Gasteiger partial charge in [-0.3, -0.25) is 9.59 Å². The first-order valence-electron chi connectivity index (χ1n) is 4.10.